The number of hydrogen-bond donors (Lipinski definition) is 1. The van der Waals surface area contributed by atoms with Crippen LogP contribution in [0.4, 0.5) is 0 Å². The highest BCUT2D eigenvalue weighted by Gasteiger charge is 2.60. The molecule has 1 N–H and O–H groups in total. The summed E-state index contributed by atoms with van der Waals surface area (Å²) < 4.78 is 0. The largest absolute Gasteiger partial charge is 0.352 e. The Hall–Kier alpha value is -0.770. The fourth-order valence-corrected chi connectivity index (χ4v) is 6.30. The predicted octanol–water partition coefficient (Wildman–Crippen LogP) is 2.94. The zero-order chi connectivity index (χ0) is 16.8. The van der Waals surface area contributed by atoms with Gasteiger partial charge >= 0.3 is 0 Å². The summed E-state index contributed by atoms with van der Waals surface area (Å²) in [5.41, 5.74) is -0.306. The van der Waals surface area contributed by atoms with E-state index in [1.54, 1.807) is 4.90 Å². The van der Waals surface area contributed by atoms with E-state index in [-0.39, 0.29) is 34.7 Å². The van der Waals surface area contributed by atoms with Gasteiger partial charge in [0, 0.05) is 17.5 Å². The maximum atomic E-state index is 13.3. The minimum Gasteiger partial charge on any atom is -0.352 e. The van der Waals surface area contributed by atoms with Crippen molar-refractivity contribution in [3.63, 3.8) is 0 Å². The standard InChI is InChI=1S/C18H29ClN2O2/c1-4-21(10-15(22)20-12(2)3)16(23)17-6-13-5-14(7-17)9-18(19,8-13)11-17/h12-14H,4-11H2,1-3H3,(H,20,22)/t13-,14-,17?,18?/m0/s1. The van der Waals surface area contributed by atoms with E-state index in [4.69, 9.17) is 11.6 Å². The second-order valence-electron chi connectivity index (χ2n) is 8.43. The Labute approximate surface area is 144 Å². The summed E-state index contributed by atoms with van der Waals surface area (Å²) in [5.74, 6) is 1.29. The van der Waals surface area contributed by atoms with E-state index >= 15 is 0 Å². The van der Waals surface area contributed by atoms with Crippen molar-refractivity contribution in [2.45, 2.75) is 70.2 Å². The lowest BCUT2D eigenvalue weighted by atomic mass is 9.49. The van der Waals surface area contributed by atoms with Crippen LogP contribution in [0.1, 0.15) is 59.3 Å². The van der Waals surface area contributed by atoms with Crippen LogP contribution in [0.5, 0.6) is 0 Å². The van der Waals surface area contributed by atoms with E-state index in [1.807, 2.05) is 20.8 Å². The molecular weight excluding hydrogens is 312 g/mol. The monoisotopic (exact) mass is 340 g/mol. The SMILES string of the molecule is CCN(CC(=O)NC(C)C)C(=O)C12C[C@@H]3C[C@H](CC(Cl)(C3)C1)C2. The highest BCUT2D eigenvalue weighted by atomic mass is 35.5. The zero-order valence-electron chi connectivity index (χ0n) is 14.5. The molecule has 130 valence electrons. The van der Waals surface area contributed by atoms with Crippen molar-refractivity contribution in [1.82, 2.24) is 10.2 Å². The Morgan fingerprint density at radius 1 is 1.22 bits per heavy atom. The van der Waals surface area contributed by atoms with Gasteiger partial charge < -0.3 is 10.2 Å². The summed E-state index contributed by atoms with van der Waals surface area (Å²) in [6.07, 6.45) is 6.12. The van der Waals surface area contributed by atoms with Gasteiger partial charge in [-0.15, -0.1) is 11.6 Å². The molecule has 4 nitrogen and oxygen atoms in total. The smallest absolute Gasteiger partial charge is 0.239 e. The van der Waals surface area contributed by atoms with Crippen molar-refractivity contribution in [2.24, 2.45) is 17.3 Å². The summed E-state index contributed by atoms with van der Waals surface area (Å²) in [6, 6.07) is 0.0990. The first kappa shape index (κ1) is 17.1. The van der Waals surface area contributed by atoms with E-state index in [0.29, 0.717) is 18.4 Å². The average Bonchev–Trinajstić information content (AvgIpc) is 2.40. The molecular formula is C18H29ClN2O2. The van der Waals surface area contributed by atoms with Crippen LogP contribution in [-0.2, 0) is 9.59 Å². The molecule has 4 rings (SSSR count). The van der Waals surface area contributed by atoms with Crippen molar-refractivity contribution in [3.8, 4) is 0 Å². The van der Waals surface area contributed by atoms with Crippen molar-refractivity contribution in [3.05, 3.63) is 0 Å². The number of rotatable bonds is 5. The molecule has 0 aromatic carbocycles. The molecule has 4 fully saturated rings. The van der Waals surface area contributed by atoms with E-state index in [0.717, 1.165) is 32.1 Å². The molecule has 0 aliphatic heterocycles. The number of halogens is 1. The summed E-state index contributed by atoms with van der Waals surface area (Å²) in [4.78, 5) is 26.9. The molecule has 2 atom stereocenters. The van der Waals surface area contributed by atoms with E-state index in [1.165, 1.54) is 6.42 Å². The summed E-state index contributed by atoms with van der Waals surface area (Å²) >= 11 is 6.84. The molecule has 0 spiro atoms. The molecule has 0 saturated heterocycles. The van der Waals surface area contributed by atoms with Gasteiger partial charge in [-0.2, -0.15) is 0 Å². The minimum atomic E-state index is -0.306. The fraction of sp³-hybridized carbons (Fsp3) is 0.889. The quantitative estimate of drug-likeness (QED) is 0.782. The lowest BCUT2D eigenvalue weighted by Gasteiger charge is -2.59. The number of likely N-dealkylation sites (N-methyl/N-ethyl adjacent to an activating group) is 1. The number of hydrogen-bond acceptors (Lipinski definition) is 2. The van der Waals surface area contributed by atoms with Crippen LogP contribution in [0, 0.1) is 17.3 Å². The molecule has 4 aliphatic carbocycles. The third-order valence-electron chi connectivity index (χ3n) is 5.90. The third-order valence-corrected chi connectivity index (χ3v) is 6.34. The van der Waals surface area contributed by atoms with Gasteiger partial charge in [-0.25, -0.2) is 0 Å². The lowest BCUT2D eigenvalue weighted by Crippen LogP contribution is -2.59. The first-order chi connectivity index (χ1) is 10.8. The van der Waals surface area contributed by atoms with Crippen LogP contribution in [0.15, 0.2) is 0 Å². The molecule has 0 aromatic heterocycles. The molecule has 0 heterocycles. The Kier molecular flexibility index (Phi) is 4.41. The van der Waals surface area contributed by atoms with Gasteiger partial charge in [-0.3, -0.25) is 9.59 Å². The zero-order valence-corrected chi connectivity index (χ0v) is 15.3. The lowest BCUT2D eigenvalue weighted by molar-refractivity contribution is -0.157. The number of amides is 2. The number of alkyl halides is 1. The topological polar surface area (TPSA) is 49.4 Å². The van der Waals surface area contributed by atoms with E-state index < -0.39 is 0 Å². The Morgan fingerprint density at radius 2 is 1.83 bits per heavy atom. The van der Waals surface area contributed by atoms with Crippen molar-refractivity contribution < 1.29 is 9.59 Å². The molecule has 0 unspecified atom stereocenters. The van der Waals surface area contributed by atoms with E-state index in [9.17, 15) is 9.59 Å². The summed E-state index contributed by atoms with van der Waals surface area (Å²) in [7, 11) is 0. The van der Waals surface area contributed by atoms with Crippen LogP contribution >= 0.6 is 11.6 Å². The van der Waals surface area contributed by atoms with Crippen LogP contribution in [0.3, 0.4) is 0 Å². The molecule has 4 aliphatic rings. The second kappa shape index (κ2) is 5.94. The molecule has 0 aromatic rings. The maximum absolute atomic E-state index is 13.3. The Balaban J connectivity index is 1.74. The van der Waals surface area contributed by atoms with Gasteiger partial charge in [0.15, 0.2) is 0 Å². The predicted molar refractivity (Wildman–Crippen MR) is 91.2 cm³/mol. The van der Waals surface area contributed by atoms with Crippen LogP contribution < -0.4 is 5.32 Å². The van der Waals surface area contributed by atoms with Gasteiger partial charge in [0.1, 0.15) is 0 Å². The first-order valence-electron chi connectivity index (χ1n) is 9.03. The number of carbonyl (C=O) groups is 2. The Bertz CT molecular complexity index is 491. The van der Waals surface area contributed by atoms with E-state index in [2.05, 4.69) is 5.32 Å². The molecule has 5 heteroatoms. The number of nitrogens with zero attached hydrogens (tertiary/aromatic N) is 1. The Morgan fingerprint density at radius 3 is 2.30 bits per heavy atom. The highest BCUT2D eigenvalue weighted by Crippen LogP contribution is 2.64. The van der Waals surface area contributed by atoms with Gasteiger partial charge in [-0.1, -0.05) is 0 Å². The van der Waals surface area contributed by atoms with Crippen molar-refractivity contribution in [1.29, 1.82) is 0 Å². The van der Waals surface area contributed by atoms with Crippen LogP contribution in [0.25, 0.3) is 0 Å². The summed E-state index contributed by atoms with van der Waals surface area (Å²) in [5, 5.41) is 2.88. The molecule has 4 saturated carbocycles. The van der Waals surface area contributed by atoms with Crippen LogP contribution in [0.2, 0.25) is 0 Å². The second-order valence-corrected chi connectivity index (χ2v) is 9.24. The van der Waals surface area contributed by atoms with Gasteiger partial charge in [-0.05, 0) is 71.1 Å². The summed E-state index contributed by atoms with van der Waals surface area (Å²) in [6.45, 7) is 6.58. The third kappa shape index (κ3) is 3.24. The van der Waals surface area contributed by atoms with Crippen molar-refractivity contribution >= 4 is 23.4 Å². The number of carbonyl (C=O) groups excluding carboxylic acids is 2. The fourth-order valence-electron chi connectivity index (χ4n) is 5.60. The molecule has 0 radical (unpaired) electrons. The van der Waals surface area contributed by atoms with Gasteiger partial charge in [0.05, 0.1) is 12.0 Å². The molecule has 4 bridgehead atoms. The maximum Gasteiger partial charge on any atom is 0.239 e. The molecule has 23 heavy (non-hydrogen) atoms. The molecule has 2 amide bonds. The van der Waals surface area contributed by atoms with Gasteiger partial charge in [0.25, 0.3) is 0 Å². The number of nitrogens with one attached hydrogen (secondary N) is 1. The van der Waals surface area contributed by atoms with Crippen molar-refractivity contribution in [2.75, 3.05) is 13.1 Å². The normalized spacial score (nSPS) is 38.0. The minimum absolute atomic E-state index is 0.0690. The van der Waals surface area contributed by atoms with Gasteiger partial charge in [0.2, 0.25) is 11.8 Å². The average molecular weight is 341 g/mol. The van der Waals surface area contributed by atoms with Crippen LogP contribution in [-0.4, -0.2) is 40.7 Å². The first-order valence-corrected chi connectivity index (χ1v) is 9.41. The highest BCUT2D eigenvalue weighted by molar-refractivity contribution is 6.24.